The molecule has 0 unspecified atom stereocenters. The molecular formula is C24H31N7O4. The topological polar surface area (TPSA) is 135 Å². The summed E-state index contributed by atoms with van der Waals surface area (Å²) in [6.45, 7) is 0. The van der Waals surface area contributed by atoms with Gasteiger partial charge in [0.2, 0.25) is 0 Å². The summed E-state index contributed by atoms with van der Waals surface area (Å²) < 4.78 is 8.78. The van der Waals surface area contributed by atoms with Gasteiger partial charge < -0.3 is 30.4 Å². The van der Waals surface area contributed by atoms with E-state index in [1.807, 2.05) is 12.3 Å². The first-order valence-corrected chi connectivity index (χ1v) is 12.0. The van der Waals surface area contributed by atoms with Crippen molar-refractivity contribution in [3.8, 4) is 0 Å². The van der Waals surface area contributed by atoms with Crippen molar-refractivity contribution in [1.82, 2.24) is 24.5 Å². The molecule has 2 saturated carbocycles. The van der Waals surface area contributed by atoms with Crippen molar-refractivity contribution in [2.45, 2.75) is 62.8 Å². The van der Waals surface area contributed by atoms with Crippen molar-refractivity contribution >= 4 is 28.9 Å². The number of carbonyl (C=O) groups excluding carboxylic acids is 1. The maximum absolute atomic E-state index is 13.3. The van der Waals surface area contributed by atoms with Crippen LogP contribution in [0, 0.1) is 0 Å². The van der Waals surface area contributed by atoms with E-state index in [1.165, 1.54) is 10.7 Å². The van der Waals surface area contributed by atoms with Crippen molar-refractivity contribution in [2.24, 2.45) is 0 Å². The maximum atomic E-state index is 13.3. The van der Waals surface area contributed by atoms with Gasteiger partial charge in [-0.2, -0.15) is 9.61 Å². The molecule has 2 atom stereocenters. The van der Waals surface area contributed by atoms with E-state index in [-0.39, 0.29) is 29.7 Å². The first kappa shape index (κ1) is 23.3. The van der Waals surface area contributed by atoms with Crippen LogP contribution in [0.2, 0.25) is 0 Å². The molecule has 0 bridgehead atoms. The molecule has 4 N–H and O–H groups in total. The van der Waals surface area contributed by atoms with E-state index in [1.54, 1.807) is 30.9 Å². The minimum atomic E-state index is -0.524. The summed E-state index contributed by atoms with van der Waals surface area (Å²) in [6.07, 6.45) is 8.07. The van der Waals surface area contributed by atoms with Crippen LogP contribution in [0.3, 0.4) is 0 Å². The van der Waals surface area contributed by atoms with Crippen LogP contribution < -0.4 is 21.5 Å². The Balaban J connectivity index is 1.42. The molecule has 0 aromatic carbocycles. The molecule has 2 aliphatic carbocycles. The fourth-order valence-corrected chi connectivity index (χ4v) is 4.85. The van der Waals surface area contributed by atoms with Gasteiger partial charge in [-0.15, -0.1) is 0 Å². The van der Waals surface area contributed by atoms with Gasteiger partial charge >= 0.3 is 0 Å². The lowest BCUT2D eigenvalue weighted by molar-refractivity contribution is 0.0448. The molecule has 11 nitrogen and oxygen atoms in total. The van der Waals surface area contributed by atoms with E-state index in [0.29, 0.717) is 35.0 Å². The Morgan fingerprint density at radius 2 is 2.00 bits per heavy atom. The first-order valence-electron chi connectivity index (χ1n) is 12.0. The number of rotatable bonds is 7. The van der Waals surface area contributed by atoms with Crippen molar-refractivity contribution in [3.63, 3.8) is 0 Å². The highest BCUT2D eigenvalue weighted by Gasteiger charge is 2.31. The zero-order chi connectivity index (χ0) is 24.5. The summed E-state index contributed by atoms with van der Waals surface area (Å²) in [5.41, 5.74) is 0.930. The quantitative estimate of drug-likeness (QED) is 0.403. The van der Waals surface area contributed by atoms with E-state index < -0.39 is 6.10 Å². The summed E-state index contributed by atoms with van der Waals surface area (Å²) in [7, 11) is 3.48. The number of amides is 1. The van der Waals surface area contributed by atoms with Crippen LogP contribution in [0.15, 0.2) is 35.4 Å². The highest BCUT2D eigenvalue weighted by Crippen LogP contribution is 2.29. The van der Waals surface area contributed by atoms with Crippen LogP contribution in [-0.2, 0) is 4.74 Å². The van der Waals surface area contributed by atoms with Gasteiger partial charge in [0.15, 0.2) is 5.65 Å². The zero-order valence-corrected chi connectivity index (χ0v) is 19.9. The molecule has 11 heteroatoms. The minimum absolute atomic E-state index is 0.119. The number of carbonyl (C=O) groups is 1. The third-order valence-electron chi connectivity index (χ3n) is 7.13. The lowest BCUT2D eigenvalue weighted by Crippen LogP contribution is -2.50. The summed E-state index contributed by atoms with van der Waals surface area (Å²) in [6, 6.07) is 5.19. The van der Waals surface area contributed by atoms with E-state index >= 15 is 0 Å². The SMILES string of the molecule is CNc1cc(Nc2cccn(C3CCC(OC)CC3)c2=O)nc2c(C(=O)N[C@H]3CC[C@H]3O)cnn12. The molecular weight excluding hydrogens is 450 g/mol. The van der Waals surface area contributed by atoms with Gasteiger partial charge in [-0.05, 0) is 50.7 Å². The number of nitrogens with one attached hydrogen (secondary N) is 3. The van der Waals surface area contributed by atoms with Crippen molar-refractivity contribution in [3.05, 3.63) is 46.5 Å². The third kappa shape index (κ3) is 4.48. The van der Waals surface area contributed by atoms with Gasteiger partial charge in [0.05, 0.1) is 24.4 Å². The summed E-state index contributed by atoms with van der Waals surface area (Å²) in [5.74, 6) is 0.677. The Hall–Kier alpha value is -3.44. The minimum Gasteiger partial charge on any atom is -0.391 e. The van der Waals surface area contributed by atoms with E-state index in [0.717, 1.165) is 32.1 Å². The Labute approximate surface area is 202 Å². The van der Waals surface area contributed by atoms with Gasteiger partial charge in [0, 0.05) is 32.5 Å². The molecule has 0 spiro atoms. The first-order chi connectivity index (χ1) is 17.0. The van der Waals surface area contributed by atoms with Gasteiger partial charge in [-0.25, -0.2) is 4.98 Å². The normalized spacial score (nSPS) is 24.1. The molecule has 3 heterocycles. The number of nitrogens with zero attached hydrogens (tertiary/aromatic N) is 4. The molecule has 0 saturated heterocycles. The number of methoxy groups -OCH3 is 1. The lowest BCUT2D eigenvalue weighted by Gasteiger charge is -2.32. The second kappa shape index (κ2) is 9.67. The Bertz CT molecular complexity index is 1280. The number of aromatic nitrogens is 4. The molecule has 2 aliphatic rings. The molecule has 5 rings (SSSR count). The van der Waals surface area contributed by atoms with Crippen LogP contribution in [0.1, 0.15) is 54.9 Å². The number of pyridine rings is 1. The van der Waals surface area contributed by atoms with Crippen LogP contribution in [0.5, 0.6) is 0 Å². The lowest BCUT2D eigenvalue weighted by atomic mass is 9.89. The second-order valence-electron chi connectivity index (χ2n) is 9.22. The summed E-state index contributed by atoms with van der Waals surface area (Å²) in [5, 5.41) is 23.2. The van der Waals surface area contributed by atoms with Gasteiger partial charge in [-0.1, -0.05) is 0 Å². The fourth-order valence-electron chi connectivity index (χ4n) is 4.85. The van der Waals surface area contributed by atoms with E-state index in [4.69, 9.17) is 4.74 Å². The largest absolute Gasteiger partial charge is 0.391 e. The van der Waals surface area contributed by atoms with Crippen molar-refractivity contribution in [2.75, 3.05) is 24.8 Å². The molecule has 0 radical (unpaired) electrons. The predicted octanol–water partition coefficient (Wildman–Crippen LogP) is 2.06. The second-order valence-corrected chi connectivity index (χ2v) is 9.22. The average molecular weight is 482 g/mol. The number of hydrogen-bond acceptors (Lipinski definition) is 8. The molecule has 35 heavy (non-hydrogen) atoms. The number of anilines is 3. The maximum Gasteiger partial charge on any atom is 0.274 e. The van der Waals surface area contributed by atoms with Crippen LogP contribution in [-0.4, -0.2) is 62.6 Å². The number of ether oxygens (including phenoxy) is 1. The van der Waals surface area contributed by atoms with Crippen LogP contribution in [0.25, 0.3) is 5.65 Å². The third-order valence-corrected chi connectivity index (χ3v) is 7.13. The molecule has 2 fully saturated rings. The Morgan fingerprint density at radius 1 is 1.20 bits per heavy atom. The van der Waals surface area contributed by atoms with Crippen LogP contribution in [0.4, 0.5) is 17.3 Å². The zero-order valence-electron chi connectivity index (χ0n) is 19.9. The molecule has 1 amide bonds. The number of aliphatic hydroxyl groups is 1. The Morgan fingerprint density at radius 3 is 2.66 bits per heavy atom. The number of hydrogen-bond donors (Lipinski definition) is 4. The highest BCUT2D eigenvalue weighted by atomic mass is 16.5. The van der Waals surface area contributed by atoms with E-state index in [9.17, 15) is 14.7 Å². The summed E-state index contributed by atoms with van der Waals surface area (Å²) >= 11 is 0. The molecule has 0 aliphatic heterocycles. The van der Waals surface area contributed by atoms with Crippen molar-refractivity contribution < 1.29 is 14.6 Å². The smallest absolute Gasteiger partial charge is 0.274 e. The molecule has 3 aromatic rings. The van der Waals surface area contributed by atoms with Crippen molar-refractivity contribution in [1.29, 1.82) is 0 Å². The monoisotopic (exact) mass is 481 g/mol. The highest BCUT2D eigenvalue weighted by molar-refractivity contribution is 6.00. The van der Waals surface area contributed by atoms with Gasteiger partial charge in [0.1, 0.15) is 22.9 Å². The standard InChI is InChI=1S/C24H31N7O4/c1-25-21-12-20(29-22-16(13-26-31(21)22)23(33)28-17-9-10-19(17)32)27-18-4-3-11-30(24(18)34)14-5-7-15(35-2)8-6-14/h3-4,11-15,17,19,25,32H,5-10H2,1-2H3,(H,27,29)(H,28,33)/t14?,15?,17-,19+/m0/s1. The average Bonchev–Trinajstić information content (AvgIpc) is 3.31. The predicted molar refractivity (Wildman–Crippen MR) is 131 cm³/mol. The number of fused-ring (bicyclic) bond motifs is 1. The van der Waals surface area contributed by atoms with Gasteiger partial charge in [0.25, 0.3) is 11.5 Å². The molecule has 3 aromatic heterocycles. The van der Waals surface area contributed by atoms with Crippen LogP contribution >= 0.6 is 0 Å². The summed E-state index contributed by atoms with van der Waals surface area (Å²) in [4.78, 5) is 30.7. The van der Waals surface area contributed by atoms with Gasteiger partial charge in [-0.3, -0.25) is 9.59 Å². The number of aliphatic hydroxyl groups excluding tert-OH is 1. The fraction of sp³-hybridized carbons (Fsp3) is 0.500. The van der Waals surface area contributed by atoms with E-state index in [2.05, 4.69) is 26.0 Å². The molecule has 186 valence electrons. The Kier molecular flexibility index (Phi) is 6.44.